The van der Waals surface area contributed by atoms with E-state index in [1.807, 2.05) is 18.2 Å². The van der Waals surface area contributed by atoms with Gasteiger partial charge >= 0.3 is 0 Å². The summed E-state index contributed by atoms with van der Waals surface area (Å²) in [6.45, 7) is 0.666. The van der Waals surface area contributed by atoms with Crippen molar-refractivity contribution < 1.29 is 23.8 Å². The van der Waals surface area contributed by atoms with Crippen LogP contribution in [0.1, 0.15) is 22.3 Å². The minimum atomic E-state index is -0.289. The molecular formula is C21H24N2O5. The van der Waals surface area contributed by atoms with Crippen molar-refractivity contribution in [2.45, 2.75) is 12.8 Å². The van der Waals surface area contributed by atoms with Crippen molar-refractivity contribution >= 4 is 23.2 Å². The molecule has 0 radical (unpaired) electrons. The number of hydrogen-bond acceptors (Lipinski definition) is 5. The predicted molar refractivity (Wildman–Crippen MR) is 106 cm³/mol. The normalized spacial score (nSPS) is 12.9. The fourth-order valence-electron chi connectivity index (χ4n) is 3.25. The van der Waals surface area contributed by atoms with Crippen molar-refractivity contribution in [3.05, 3.63) is 47.5 Å². The van der Waals surface area contributed by atoms with Crippen LogP contribution in [0, 0.1) is 0 Å². The van der Waals surface area contributed by atoms with Crippen LogP contribution in [0.15, 0.2) is 36.4 Å². The third-order valence-electron chi connectivity index (χ3n) is 4.64. The van der Waals surface area contributed by atoms with Gasteiger partial charge in [-0.1, -0.05) is 6.07 Å². The summed E-state index contributed by atoms with van der Waals surface area (Å²) in [6, 6.07) is 10.6. The molecule has 0 aromatic heterocycles. The molecule has 0 saturated heterocycles. The van der Waals surface area contributed by atoms with Gasteiger partial charge in [-0.2, -0.15) is 0 Å². The van der Waals surface area contributed by atoms with Gasteiger partial charge in [-0.15, -0.1) is 0 Å². The number of rotatable bonds is 6. The molecule has 0 atom stereocenters. The van der Waals surface area contributed by atoms with Crippen LogP contribution in [0.4, 0.5) is 11.4 Å². The molecule has 3 rings (SSSR count). The molecule has 7 heteroatoms. The summed E-state index contributed by atoms with van der Waals surface area (Å²) in [5.74, 6) is 0.685. The molecule has 7 nitrogen and oxygen atoms in total. The van der Waals surface area contributed by atoms with Gasteiger partial charge in [-0.05, 0) is 42.7 Å². The van der Waals surface area contributed by atoms with Crippen LogP contribution in [0.25, 0.3) is 0 Å². The summed E-state index contributed by atoms with van der Waals surface area (Å²) in [5.41, 5.74) is 2.93. The minimum absolute atomic E-state index is 0.0274. The lowest BCUT2D eigenvalue weighted by atomic mass is 10.0. The van der Waals surface area contributed by atoms with Gasteiger partial charge in [0.15, 0.2) is 0 Å². The molecule has 1 N–H and O–H groups in total. The number of methoxy groups -OCH3 is 3. The van der Waals surface area contributed by atoms with Crippen LogP contribution in [0.2, 0.25) is 0 Å². The molecule has 0 spiro atoms. The first-order valence-corrected chi connectivity index (χ1v) is 9.02. The Morgan fingerprint density at radius 3 is 2.39 bits per heavy atom. The van der Waals surface area contributed by atoms with Crippen LogP contribution in [-0.2, 0) is 16.0 Å². The van der Waals surface area contributed by atoms with Crippen molar-refractivity contribution in [3.8, 4) is 11.5 Å². The Balaban J connectivity index is 1.85. The van der Waals surface area contributed by atoms with E-state index in [0.29, 0.717) is 29.3 Å². The van der Waals surface area contributed by atoms with Gasteiger partial charge in [-0.3, -0.25) is 9.59 Å². The Morgan fingerprint density at radius 1 is 1.04 bits per heavy atom. The quantitative estimate of drug-likeness (QED) is 0.829. The predicted octanol–water partition coefficient (Wildman–Crippen LogP) is 2.88. The van der Waals surface area contributed by atoms with Crippen molar-refractivity contribution in [2.24, 2.45) is 0 Å². The first-order chi connectivity index (χ1) is 13.5. The van der Waals surface area contributed by atoms with Gasteiger partial charge < -0.3 is 24.4 Å². The van der Waals surface area contributed by atoms with Crippen LogP contribution in [0.3, 0.4) is 0 Å². The smallest absolute Gasteiger partial charge is 0.255 e. The van der Waals surface area contributed by atoms with Crippen LogP contribution >= 0.6 is 0 Å². The zero-order chi connectivity index (χ0) is 20.1. The van der Waals surface area contributed by atoms with Crippen molar-refractivity contribution in [2.75, 3.05) is 44.7 Å². The standard InChI is InChI=1S/C21H24N2O5/c1-26-13-20(24)23-8-4-5-14-6-7-16(11-19(14)23)22-21(25)15-9-17(27-2)12-18(10-15)28-3/h6-7,9-12H,4-5,8,13H2,1-3H3,(H,22,25). The fourth-order valence-corrected chi connectivity index (χ4v) is 3.25. The summed E-state index contributed by atoms with van der Waals surface area (Å²) in [4.78, 5) is 26.8. The Bertz CT molecular complexity index is 859. The molecule has 1 heterocycles. The summed E-state index contributed by atoms with van der Waals surface area (Å²) in [6.07, 6.45) is 1.80. The number of nitrogens with one attached hydrogen (secondary N) is 1. The van der Waals surface area contributed by atoms with Gasteiger partial charge in [0.25, 0.3) is 11.8 Å². The van der Waals surface area contributed by atoms with E-state index in [1.54, 1.807) is 23.1 Å². The molecule has 148 valence electrons. The average molecular weight is 384 g/mol. The van der Waals surface area contributed by atoms with E-state index in [4.69, 9.17) is 14.2 Å². The van der Waals surface area contributed by atoms with E-state index in [2.05, 4.69) is 5.32 Å². The maximum atomic E-state index is 12.7. The van der Waals surface area contributed by atoms with Crippen LogP contribution < -0.4 is 19.7 Å². The lowest BCUT2D eigenvalue weighted by Gasteiger charge is -2.30. The first kappa shape index (κ1) is 19.7. The Labute approximate surface area is 164 Å². The largest absolute Gasteiger partial charge is 0.497 e. The second kappa shape index (κ2) is 8.75. The number of aryl methyl sites for hydroxylation is 1. The third-order valence-corrected chi connectivity index (χ3v) is 4.64. The number of hydrogen-bond donors (Lipinski definition) is 1. The summed E-state index contributed by atoms with van der Waals surface area (Å²) >= 11 is 0. The summed E-state index contributed by atoms with van der Waals surface area (Å²) in [7, 11) is 4.57. The Hall–Kier alpha value is -3.06. The summed E-state index contributed by atoms with van der Waals surface area (Å²) in [5, 5.41) is 2.88. The molecule has 0 fully saturated rings. The van der Waals surface area contributed by atoms with Gasteiger partial charge in [0.2, 0.25) is 0 Å². The number of anilines is 2. The number of ether oxygens (including phenoxy) is 3. The van der Waals surface area contributed by atoms with E-state index < -0.39 is 0 Å². The zero-order valence-electron chi connectivity index (χ0n) is 16.3. The zero-order valence-corrected chi connectivity index (χ0v) is 16.3. The highest BCUT2D eigenvalue weighted by molar-refractivity contribution is 6.05. The van der Waals surface area contributed by atoms with Crippen molar-refractivity contribution in [1.82, 2.24) is 0 Å². The summed E-state index contributed by atoms with van der Waals surface area (Å²) < 4.78 is 15.4. The van der Waals surface area contributed by atoms with Gasteiger partial charge in [0.05, 0.1) is 14.2 Å². The minimum Gasteiger partial charge on any atom is -0.497 e. The molecule has 2 aromatic carbocycles. The molecule has 2 aromatic rings. The molecule has 0 saturated carbocycles. The number of amides is 2. The first-order valence-electron chi connectivity index (χ1n) is 9.02. The topological polar surface area (TPSA) is 77.1 Å². The van der Waals surface area contributed by atoms with Gasteiger partial charge in [-0.25, -0.2) is 0 Å². The van der Waals surface area contributed by atoms with E-state index in [1.165, 1.54) is 21.3 Å². The average Bonchev–Trinajstić information content (AvgIpc) is 2.72. The molecule has 1 aliphatic rings. The lowest BCUT2D eigenvalue weighted by Crippen LogP contribution is -2.37. The molecule has 28 heavy (non-hydrogen) atoms. The van der Waals surface area contributed by atoms with E-state index in [-0.39, 0.29) is 18.4 Å². The molecule has 2 amide bonds. The van der Waals surface area contributed by atoms with E-state index in [0.717, 1.165) is 24.1 Å². The van der Waals surface area contributed by atoms with E-state index in [9.17, 15) is 9.59 Å². The van der Waals surface area contributed by atoms with Crippen molar-refractivity contribution in [3.63, 3.8) is 0 Å². The highest BCUT2D eigenvalue weighted by Gasteiger charge is 2.23. The number of carbonyl (C=O) groups is 2. The highest BCUT2D eigenvalue weighted by atomic mass is 16.5. The maximum Gasteiger partial charge on any atom is 0.255 e. The molecular weight excluding hydrogens is 360 g/mol. The van der Waals surface area contributed by atoms with Gasteiger partial charge in [0, 0.05) is 36.7 Å². The monoisotopic (exact) mass is 384 g/mol. The number of carbonyl (C=O) groups excluding carboxylic acids is 2. The van der Waals surface area contributed by atoms with Crippen LogP contribution in [-0.4, -0.2) is 46.3 Å². The molecule has 0 unspecified atom stereocenters. The highest BCUT2D eigenvalue weighted by Crippen LogP contribution is 2.31. The third kappa shape index (κ3) is 4.26. The SMILES string of the molecule is COCC(=O)N1CCCc2ccc(NC(=O)c3cc(OC)cc(OC)c3)cc21. The second-order valence-electron chi connectivity index (χ2n) is 6.48. The number of nitrogens with zero attached hydrogens (tertiary/aromatic N) is 1. The maximum absolute atomic E-state index is 12.7. The number of fused-ring (bicyclic) bond motifs is 1. The van der Waals surface area contributed by atoms with Crippen molar-refractivity contribution in [1.29, 1.82) is 0 Å². The Morgan fingerprint density at radius 2 is 1.75 bits per heavy atom. The lowest BCUT2D eigenvalue weighted by molar-refractivity contribution is -0.122. The van der Waals surface area contributed by atoms with Gasteiger partial charge in [0.1, 0.15) is 18.1 Å². The molecule has 0 bridgehead atoms. The number of benzene rings is 2. The molecule has 0 aliphatic carbocycles. The van der Waals surface area contributed by atoms with E-state index >= 15 is 0 Å². The molecule has 1 aliphatic heterocycles. The fraction of sp³-hybridized carbons (Fsp3) is 0.333. The van der Waals surface area contributed by atoms with Crippen LogP contribution in [0.5, 0.6) is 11.5 Å². The second-order valence-corrected chi connectivity index (χ2v) is 6.48. The Kier molecular flexibility index (Phi) is 6.16.